The van der Waals surface area contributed by atoms with Crippen LogP contribution in [0.5, 0.6) is 11.5 Å². The minimum absolute atomic E-state index is 0.0598. The number of methoxy groups -OCH3 is 1. The lowest BCUT2D eigenvalue weighted by Crippen LogP contribution is -1.98. The SMILES string of the molecule is CCCCOc1ccc(-c2ccc(Cl)cc2[N+](=O)[O-])c(OC)c1. The predicted molar refractivity (Wildman–Crippen MR) is 90.5 cm³/mol. The number of hydrogen-bond acceptors (Lipinski definition) is 4. The van der Waals surface area contributed by atoms with Crippen molar-refractivity contribution in [3.05, 3.63) is 51.5 Å². The third kappa shape index (κ3) is 4.13. The minimum atomic E-state index is -0.452. The normalized spacial score (nSPS) is 10.4. The molecular weight excluding hydrogens is 318 g/mol. The molecule has 0 fully saturated rings. The number of rotatable bonds is 7. The molecule has 0 heterocycles. The Morgan fingerprint density at radius 1 is 1.17 bits per heavy atom. The number of hydrogen-bond donors (Lipinski definition) is 0. The molecule has 0 aliphatic heterocycles. The van der Waals surface area contributed by atoms with Crippen molar-refractivity contribution < 1.29 is 14.4 Å². The van der Waals surface area contributed by atoms with Crippen molar-refractivity contribution in [2.75, 3.05) is 13.7 Å². The van der Waals surface area contributed by atoms with Gasteiger partial charge in [-0.1, -0.05) is 24.9 Å². The fourth-order valence-electron chi connectivity index (χ4n) is 2.20. The Kier molecular flexibility index (Phi) is 5.82. The molecule has 2 aromatic carbocycles. The van der Waals surface area contributed by atoms with Crippen molar-refractivity contribution in [1.82, 2.24) is 0 Å². The minimum Gasteiger partial charge on any atom is -0.496 e. The van der Waals surface area contributed by atoms with Gasteiger partial charge in [0.25, 0.3) is 5.69 Å². The Morgan fingerprint density at radius 3 is 2.57 bits per heavy atom. The first-order valence-corrected chi connectivity index (χ1v) is 7.69. The molecule has 0 unspecified atom stereocenters. The van der Waals surface area contributed by atoms with E-state index in [2.05, 4.69) is 6.92 Å². The van der Waals surface area contributed by atoms with Crippen molar-refractivity contribution >= 4 is 17.3 Å². The maximum atomic E-state index is 11.3. The van der Waals surface area contributed by atoms with Crippen LogP contribution in [0.15, 0.2) is 36.4 Å². The smallest absolute Gasteiger partial charge is 0.278 e. The standard InChI is InChI=1S/C17H18ClNO4/c1-3-4-9-23-13-6-8-15(17(11-13)22-2)14-7-5-12(18)10-16(14)19(20)21/h5-8,10-11H,3-4,9H2,1-2H3. The molecule has 0 aromatic heterocycles. The van der Waals surface area contributed by atoms with Crippen LogP contribution in [-0.4, -0.2) is 18.6 Å². The van der Waals surface area contributed by atoms with Crippen molar-refractivity contribution in [3.63, 3.8) is 0 Å². The highest BCUT2D eigenvalue weighted by molar-refractivity contribution is 6.31. The van der Waals surface area contributed by atoms with E-state index in [-0.39, 0.29) is 5.69 Å². The maximum absolute atomic E-state index is 11.3. The third-order valence-electron chi connectivity index (χ3n) is 3.39. The van der Waals surface area contributed by atoms with Gasteiger partial charge in [-0.3, -0.25) is 10.1 Å². The molecule has 0 saturated carbocycles. The largest absolute Gasteiger partial charge is 0.496 e. The Bertz CT molecular complexity index is 703. The molecule has 2 aromatic rings. The lowest BCUT2D eigenvalue weighted by molar-refractivity contribution is -0.384. The zero-order chi connectivity index (χ0) is 16.8. The van der Waals surface area contributed by atoms with Crippen LogP contribution in [0.3, 0.4) is 0 Å². The zero-order valence-corrected chi connectivity index (χ0v) is 13.8. The average molecular weight is 336 g/mol. The van der Waals surface area contributed by atoms with E-state index in [1.807, 2.05) is 0 Å². The summed E-state index contributed by atoms with van der Waals surface area (Å²) in [5.74, 6) is 1.19. The second-order valence-electron chi connectivity index (χ2n) is 4.98. The van der Waals surface area contributed by atoms with E-state index in [1.165, 1.54) is 13.2 Å². The highest BCUT2D eigenvalue weighted by Crippen LogP contribution is 2.39. The second kappa shape index (κ2) is 7.83. The van der Waals surface area contributed by atoms with Crippen LogP contribution in [0.25, 0.3) is 11.1 Å². The summed E-state index contributed by atoms with van der Waals surface area (Å²) in [6.07, 6.45) is 2.01. The molecule has 0 aliphatic carbocycles. The van der Waals surface area contributed by atoms with Crippen LogP contribution in [0.2, 0.25) is 5.02 Å². The lowest BCUT2D eigenvalue weighted by atomic mass is 10.0. The maximum Gasteiger partial charge on any atom is 0.278 e. The molecule has 6 heteroatoms. The summed E-state index contributed by atoms with van der Waals surface area (Å²) < 4.78 is 11.0. The number of benzene rings is 2. The fourth-order valence-corrected chi connectivity index (χ4v) is 2.37. The highest BCUT2D eigenvalue weighted by Gasteiger charge is 2.19. The lowest BCUT2D eigenvalue weighted by Gasteiger charge is -2.12. The first-order valence-electron chi connectivity index (χ1n) is 7.32. The van der Waals surface area contributed by atoms with E-state index in [9.17, 15) is 10.1 Å². The van der Waals surface area contributed by atoms with E-state index in [4.69, 9.17) is 21.1 Å². The topological polar surface area (TPSA) is 61.6 Å². The van der Waals surface area contributed by atoms with Crippen LogP contribution in [0.4, 0.5) is 5.69 Å². The molecule has 0 saturated heterocycles. The molecule has 2 rings (SSSR count). The number of nitro benzene ring substituents is 1. The molecule has 23 heavy (non-hydrogen) atoms. The molecule has 0 aliphatic rings. The van der Waals surface area contributed by atoms with Gasteiger partial charge < -0.3 is 9.47 Å². The molecule has 0 radical (unpaired) electrons. The van der Waals surface area contributed by atoms with Crippen LogP contribution in [0, 0.1) is 10.1 Å². The molecule has 5 nitrogen and oxygen atoms in total. The summed E-state index contributed by atoms with van der Waals surface area (Å²) in [7, 11) is 1.52. The van der Waals surface area contributed by atoms with Gasteiger partial charge in [0.05, 0.1) is 24.2 Å². The molecule has 0 atom stereocenters. The Morgan fingerprint density at radius 2 is 1.91 bits per heavy atom. The van der Waals surface area contributed by atoms with Gasteiger partial charge in [-0.05, 0) is 30.7 Å². The Labute approximate surface area is 139 Å². The number of ether oxygens (including phenoxy) is 2. The first kappa shape index (κ1) is 17.1. The predicted octanol–water partition coefficient (Wildman–Crippen LogP) is 5.10. The number of unbranched alkanes of at least 4 members (excludes halogenated alkanes) is 1. The summed E-state index contributed by atoms with van der Waals surface area (Å²) in [4.78, 5) is 10.8. The molecular formula is C17H18ClNO4. The van der Waals surface area contributed by atoms with E-state index in [1.54, 1.807) is 30.3 Å². The van der Waals surface area contributed by atoms with Crippen molar-refractivity contribution in [2.45, 2.75) is 19.8 Å². The van der Waals surface area contributed by atoms with Crippen LogP contribution < -0.4 is 9.47 Å². The summed E-state index contributed by atoms with van der Waals surface area (Å²) in [6.45, 7) is 2.72. The summed E-state index contributed by atoms with van der Waals surface area (Å²) in [5.41, 5.74) is 1.02. The van der Waals surface area contributed by atoms with Gasteiger partial charge in [0.1, 0.15) is 11.5 Å². The van der Waals surface area contributed by atoms with Gasteiger partial charge in [0, 0.05) is 22.7 Å². The number of halogens is 1. The molecule has 0 bridgehead atoms. The average Bonchev–Trinajstić information content (AvgIpc) is 2.55. The number of nitrogens with zero attached hydrogens (tertiary/aromatic N) is 1. The quantitative estimate of drug-likeness (QED) is 0.401. The van der Waals surface area contributed by atoms with Crippen LogP contribution >= 0.6 is 11.6 Å². The number of nitro groups is 1. The first-order chi connectivity index (χ1) is 11.1. The van der Waals surface area contributed by atoms with Crippen molar-refractivity contribution in [2.24, 2.45) is 0 Å². The Balaban J connectivity index is 2.42. The molecule has 0 amide bonds. The van der Waals surface area contributed by atoms with Crippen molar-refractivity contribution in [1.29, 1.82) is 0 Å². The zero-order valence-electron chi connectivity index (χ0n) is 13.0. The van der Waals surface area contributed by atoms with E-state index in [0.29, 0.717) is 34.3 Å². The molecule has 0 spiro atoms. The molecule has 122 valence electrons. The molecule has 0 N–H and O–H groups in total. The van der Waals surface area contributed by atoms with E-state index >= 15 is 0 Å². The highest BCUT2D eigenvalue weighted by atomic mass is 35.5. The van der Waals surface area contributed by atoms with Gasteiger partial charge in [0.2, 0.25) is 0 Å². The van der Waals surface area contributed by atoms with E-state index in [0.717, 1.165) is 12.8 Å². The summed E-state index contributed by atoms with van der Waals surface area (Å²) in [6, 6.07) is 9.86. The monoisotopic (exact) mass is 335 g/mol. The van der Waals surface area contributed by atoms with Gasteiger partial charge in [-0.2, -0.15) is 0 Å². The van der Waals surface area contributed by atoms with Gasteiger partial charge in [0.15, 0.2) is 0 Å². The van der Waals surface area contributed by atoms with Crippen molar-refractivity contribution in [3.8, 4) is 22.6 Å². The van der Waals surface area contributed by atoms with Gasteiger partial charge in [-0.25, -0.2) is 0 Å². The Hall–Kier alpha value is -2.27. The van der Waals surface area contributed by atoms with Crippen LogP contribution in [-0.2, 0) is 0 Å². The third-order valence-corrected chi connectivity index (χ3v) is 3.62. The van der Waals surface area contributed by atoms with Gasteiger partial charge >= 0.3 is 0 Å². The summed E-state index contributed by atoms with van der Waals surface area (Å²) in [5, 5.41) is 11.6. The van der Waals surface area contributed by atoms with Gasteiger partial charge in [-0.15, -0.1) is 0 Å². The van der Waals surface area contributed by atoms with E-state index < -0.39 is 4.92 Å². The van der Waals surface area contributed by atoms with Crippen LogP contribution in [0.1, 0.15) is 19.8 Å². The second-order valence-corrected chi connectivity index (χ2v) is 5.42. The fraction of sp³-hybridized carbons (Fsp3) is 0.294. The summed E-state index contributed by atoms with van der Waals surface area (Å²) >= 11 is 5.86.